The molecule has 0 aromatic heterocycles. The summed E-state index contributed by atoms with van der Waals surface area (Å²) in [5, 5.41) is 50.1. The van der Waals surface area contributed by atoms with E-state index in [1.165, 1.54) is 96.3 Å². The third-order valence-electron chi connectivity index (χ3n) is 10.8. The molecule has 6 N–H and O–H groups in total. The number of carbonyl (C=O) groups excluding carboxylic acids is 2. The molecule has 13 nitrogen and oxygen atoms in total. The van der Waals surface area contributed by atoms with Crippen molar-refractivity contribution in [3.63, 3.8) is 0 Å². The molecular formula is C45H83O13P. The number of carbonyl (C=O) groups is 2. The van der Waals surface area contributed by atoms with Gasteiger partial charge in [0.15, 0.2) is 6.10 Å². The predicted molar refractivity (Wildman–Crippen MR) is 230 cm³/mol. The first kappa shape index (κ1) is 55.3. The molecule has 8 atom stereocenters. The minimum absolute atomic E-state index is 0.0929. The lowest BCUT2D eigenvalue weighted by Gasteiger charge is -2.41. The number of hydrogen-bond acceptors (Lipinski definition) is 12. The average Bonchev–Trinajstić information content (AvgIpc) is 3.21. The zero-order chi connectivity index (χ0) is 43.6. The van der Waals surface area contributed by atoms with Gasteiger partial charge < -0.3 is 39.9 Å². The van der Waals surface area contributed by atoms with Crippen LogP contribution in [0.2, 0.25) is 0 Å². The molecule has 0 spiro atoms. The molecule has 59 heavy (non-hydrogen) atoms. The fourth-order valence-electron chi connectivity index (χ4n) is 6.97. The predicted octanol–water partition coefficient (Wildman–Crippen LogP) is 8.84. The highest BCUT2D eigenvalue weighted by Gasteiger charge is 2.51. The highest BCUT2D eigenvalue weighted by Crippen LogP contribution is 2.47. The van der Waals surface area contributed by atoms with Crippen LogP contribution in [0.5, 0.6) is 0 Å². The molecule has 0 aromatic rings. The van der Waals surface area contributed by atoms with E-state index in [0.717, 1.165) is 57.8 Å². The van der Waals surface area contributed by atoms with Gasteiger partial charge in [-0.3, -0.25) is 18.6 Å². The van der Waals surface area contributed by atoms with Gasteiger partial charge in [-0.15, -0.1) is 0 Å². The first-order valence-electron chi connectivity index (χ1n) is 23.1. The van der Waals surface area contributed by atoms with E-state index in [-0.39, 0.29) is 12.8 Å². The van der Waals surface area contributed by atoms with Gasteiger partial charge in [0.05, 0.1) is 6.61 Å². The van der Waals surface area contributed by atoms with E-state index in [9.17, 15) is 44.6 Å². The van der Waals surface area contributed by atoms with Crippen molar-refractivity contribution in [2.75, 3.05) is 13.2 Å². The normalized spacial score (nSPS) is 22.5. The Bertz CT molecular complexity index is 1130. The Morgan fingerprint density at radius 3 is 1.36 bits per heavy atom. The van der Waals surface area contributed by atoms with Gasteiger partial charge in [0.2, 0.25) is 0 Å². The largest absolute Gasteiger partial charge is 0.472 e. The Morgan fingerprint density at radius 1 is 0.508 bits per heavy atom. The van der Waals surface area contributed by atoms with Crippen LogP contribution in [0.1, 0.15) is 194 Å². The van der Waals surface area contributed by atoms with Crippen molar-refractivity contribution in [1.82, 2.24) is 0 Å². The molecule has 0 aliphatic heterocycles. The van der Waals surface area contributed by atoms with Crippen molar-refractivity contribution in [3.8, 4) is 0 Å². The maximum atomic E-state index is 12.8. The molecular weight excluding hydrogens is 779 g/mol. The summed E-state index contributed by atoms with van der Waals surface area (Å²) in [6.07, 6.45) is 25.2. The quantitative estimate of drug-likeness (QED) is 0.0149. The van der Waals surface area contributed by atoms with Crippen LogP contribution in [0, 0.1) is 0 Å². The van der Waals surface area contributed by atoms with E-state index in [4.69, 9.17) is 18.5 Å². The van der Waals surface area contributed by atoms with Crippen LogP contribution in [0.4, 0.5) is 0 Å². The van der Waals surface area contributed by atoms with Crippen LogP contribution >= 0.6 is 7.82 Å². The number of aliphatic hydroxyl groups excluding tert-OH is 5. The molecule has 0 amide bonds. The van der Waals surface area contributed by atoms with Crippen molar-refractivity contribution in [1.29, 1.82) is 0 Å². The monoisotopic (exact) mass is 863 g/mol. The molecule has 0 aromatic carbocycles. The van der Waals surface area contributed by atoms with Gasteiger partial charge >= 0.3 is 19.8 Å². The van der Waals surface area contributed by atoms with Crippen LogP contribution in [0.15, 0.2) is 24.3 Å². The first-order chi connectivity index (χ1) is 28.4. The van der Waals surface area contributed by atoms with Crippen LogP contribution < -0.4 is 0 Å². The lowest BCUT2D eigenvalue weighted by Crippen LogP contribution is -2.64. The van der Waals surface area contributed by atoms with E-state index in [1.807, 2.05) is 0 Å². The lowest BCUT2D eigenvalue weighted by atomic mass is 9.85. The van der Waals surface area contributed by atoms with Gasteiger partial charge in [0.1, 0.15) is 43.2 Å². The summed E-state index contributed by atoms with van der Waals surface area (Å²) in [5.74, 6) is -1.12. The fourth-order valence-corrected chi connectivity index (χ4v) is 7.94. The van der Waals surface area contributed by atoms with Crippen LogP contribution in [0.3, 0.4) is 0 Å². The number of phosphoric ester groups is 1. The second-order valence-electron chi connectivity index (χ2n) is 16.3. The van der Waals surface area contributed by atoms with Gasteiger partial charge in [-0.1, -0.05) is 147 Å². The van der Waals surface area contributed by atoms with E-state index >= 15 is 0 Å². The van der Waals surface area contributed by atoms with Gasteiger partial charge in [-0.05, 0) is 57.8 Å². The summed E-state index contributed by atoms with van der Waals surface area (Å²) < 4.78 is 33.5. The zero-order valence-corrected chi connectivity index (χ0v) is 37.4. The molecule has 1 saturated carbocycles. The van der Waals surface area contributed by atoms with Gasteiger partial charge in [-0.2, -0.15) is 0 Å². The molecule has 1 aliphatic rings. The molecule has 346 valence electrons. The number of hydrogen-bond donors (Lipinski definition) is 6. The van der Waals surface area contributed by atoms with Crippen molar-refractivity contribution in [2.24, 2.45) is 0 Å². The van der Waals surface area contributed by atoms with Crippen molar-refractivity contribution in [2.45, 2.75) is 236 Å². The standard InChI is InChI=1S/C45H83O13P/c1-3-5-7-9-11-13-15-17-19-21-23-25-27-29-31-33-38(46)55-35-37(36-56-59(53,54)58-45-43(51)41(49)40(48)42(50)44(45)52)57-39(47)34-32-30-28-26-24-22-20-18-16-14-12-10-8-6-4-2/h10,12,21,23,37,40-45,48-52H,3-9,11,13-20,22,24-36H2,1-2H3,(H,53,54)/b12-10+,23-21+/t37-,40?,41-,42?,43?,44?,45?/m1/s1. The topological polar surface area (TPSA) is 210 Å². The Hall–Kier alpha value is -1.67. The Morgan fingerprint density at radius 2 is 0.881 bits per heavy atom. The first-order valence-corrected chi connectivity index (χ1v) is 24.6. The maximum absolute atomic E-state index is 12.8. The zero-order valence-electron chi connectivity index (χ0n) is 36.6. The van der Waals surface area contributed by atoms with Crippen molar-refractivity contribution < 1.29 is 63.1 Å². The molecule has 0 heterocycles. The average molecular weight is 863 g/mol. The number of rotatable bonds is 38. The molecule has 0 bridgehead atoms. The Kier molecular flexibility index (Phi) is 33.7. The summed E-state index contributed by atoms with van der Waals surface area (Å²) in [5.41, 5.74) is 0. The second-order valence-corrected chi connectivity index (χ2v) is 17.7. The maximum Gasteiger partial charge on any atom is 0.472 e. The minimum atomic E-state index is -5.12. The van der Waals surface area contributed by atoms with E-state index in [2.05, 4.69) is 38.2 Å². The van der Waals surface area contributed by atoms with Gasteiger partial charge in [0.25, 0.3) is 0 Å². The molecule has 14 heteroatoms. The van der Waals surface area contributed by atoms with Crippen LogP contribution in [-0.2, 0) is 32.7 Å². The van der Waals surface area contributed by atoms with Crippen molar-refractivity contribution >= 4 is 19.8 Å². The number of esters is 2. The van der Waals surface area contributed by atoms with Crippen molar-refractivity contribution in [3.05, 3.63) is 24.3 Å². The van der Waals surface area contributed by atoms with Gasteiger partial charge in [0, 0.05) is 12.8 Å². The second kappa shape index (κ2) is 35.9. The number of phosphoric acid groups is 1. The number of allylic oxidation sites excluding steroid dienone is 4. The third-order valence-corrected chi connectivity index (χ3v) is 11.8. The molecule has 1 rings (SSSR count). The van der Waals surface area contributed by atoms with Crippen LogP contribution in [0.25, 0.3) is 0 Å². The number of ether oxygens (including phenoxy) is 2. The van der Waals surface area contributed by atoms with Gasteiger partial charge in [-0.25, -0.2) is 4.57 Å². The smallest absolute Gasteiger partial charge is 0.462 e. The summed E-state index contributed by atoms with van der Waals surface area (Å²) >= 11 is 0. The third kappa shape index (κ3) is 28.5. The number of unbranched alkanes of at least 4 members (excludes halogenated alkanes) is 22. The van der Waals surface area contributed by atoms with E-state index < -0.39 is 75.7 Å². The summed E-state index contributed by atoms with van der Waals surface area (Å²) in [6, 6.07) is 0. The molecule has 0 radical (unpaired) electrons. The molecule has 0 saturated heterocycles. The Labute approximate surface area is 356 Å². The minimum Gasteiger partial charge on any atom is -0.462 e. The number of aliphatic hydroxyl groups is 5. The summed E-state index contributed by atoms with van der Waals surface area (Å²) in [7, 11) is -5.12. The highest BCUT2D eigenvalue weighted by atomic mass is 31.2. The molecule has 1 aliphatic carbocycles. The highest BCUT2D eigenvalue weighted by molar-refractivity contribution is 7.47. The molecule has 1 fully saturated rings. The van der Waals surface area contributed by atoms with E-state index in [1.54, 1.807) is 0 Å². The van der Waals surface area contributed by atoms with Crippen LogP contribution in [-0.4, -0.2) is 98.3 Å². The van der Waals surface area contributed by atoms with E-state index in [0.29, 0.717) is 12.8 Å². The molecule has 6 unspecified atom stereocenters. The SMILES string of the molecule is CCCC/C=C/CCCCCCCCCCCC(=O)O[C@H](COC(=O)CCCCC/C=C/CCCCCCCCCC)COP(=O)(O)OC1C(O)C(O)C(O)[C@@H](O)C1O. The lowest BCUT2D eigenvalue weighted by molar-refractivity contribution is -0.220. The Balaban J connectivity index is 2.47. The summed E-state index contributed by atoms with van der Waals surface area (Å²) in [6.45, 7) is 3.26. The summed E-state index contributed by atoms with van der Waals surface area (Å²) in [4.78, 5) is 35.7. The fraction of sp³-hybridized carbons (Fsp3) is 0.867.